The van der Waals surface area contributed by atoms with E-state index in [0.717, 1.165) is 4.90 Å². The number of hydrogen-bond donors (Lipinski definition) is 6. The van der Waals surface area contributed by atoms with E-state index in [-0.39, 0.29) is 11.3 Å². The Bertz CT molecular complexity index is 1100. The molecule has 1 aromatic carbocycles. The van der Waals surface area contributed by atoms with E-state index in [2.05, 4.69) is 4.42 Å². The van der Waals surface area contributed by atoms with Crippen LogP contribution in [0.3, 0.4) is 0 Å². The molecule has 0 bridgehead atoms. The first kappa shape index (κ1) is 25.2. The van der Waals surface area contributed by atoms with Gasteiger partial charge in [-0.2, -0.15) is 0 Å². The van der Waals surface area contributed by atoms with Gasteiger partial charge in [0.2, 0.25) is 16.9 Å². The van der Waals surface area contributed by atoms with Gasteiger partial charge in [-0.05, 0) is 12.1 Å². The summed E-state index contributed by atoms with van der Waals surface area (Å²) in [7, 11) is 0. The molecule has 170 valence electrons. The van der Waals surface area contributed by atoms with E-state index in [0.29, 0.717) is 6.07 Å². The van der Waals surface area contributed by atoms with E-state index < -0.39 is 65.6 Å². The van der Waals surface area contributed by atoms with E-state index in [1.807, 2.05) is 0 Å². The molecule has 14 heteroatoms. The van der Waals surface area contributed by atoms with Crippen molar-refractivity contribution in [1.29, 1.82) is 0 Å². The first-order valence-corrected chi connectivity index (χ1v) is 8.19. The second-order valence-electron chi connectivity index (χ2n) is 5.73. The van der Waals surface area contributed by atoms with Gasteiger partial charge in [0.15, 0.2) is 0 Å². The zero-order valence-electron chi connectivity index (χ0n) is 15.8. The average molecular weight is 453 g/mol. The Morgan fingerprint density at radius 3 is 1.78 bits per heavy atom. The first-order chi connectivity index (χ1) is 14.8. The fourth-order valence-corrected chi connectivity index (χ4v) is 2.22. The van der Waals surface area contributed by atoms with Crippen LogP contribution in [0.1, 0.15) is 31.5 Å². The molecule has 2 rings (SSSR count). The molecular formula is C18H15NO13. The largest absolute Gasteiger partial charge is 0.501 e. The minimum Gasteiger partial charge on any atom is -0.501 e. The van der Waals surface area contributed by atoms with Gasteiger partial charge in [-0.25, -0.2) is 14.4 Å². The van der Waals surface area contributed by atoms with E-state index >= 15 is 0 Å². The predicted octanol–water partition coefficient (Wildman–Crippen LogP) is 0.102. The Kier molecular flexibility index (Phi) is 8.47. The normalized spacial score (nSPS) is 9.75. The van der Waals surface area contributed by atoms with Crippen LogP contribution < -0.4 is 10.3 Å². The molecule has 14 nitrogen and oxygen atoms in total. The molecule has 1 aromatic heterocycles. The van der Waals surface area contributed by atoms with Crippen LogP contribution in [0.5, 0.6) is 5.75 Å². The van der Waals surface area contributed by atoms with Crippen molar-refractivity contribution in [3.63, 3.8) is 0 Å². The molecule has 0 amide bonds. The summed E-state index contributed by atoms with van der Waals surface area (Å²) in [6, 6.07) is 6.14. The zero-order valence-corrected chi connectivity index (χ0v) is 15.8. The van der Waals surface area contributed by atoms with Crippen LogP contribution in [-0.4, -0.2) is 73.6 Å². The van der Waals surface area contributed by atoms with Gasteiger partial charge in [0, 0.05) is 6.07 Å². The second-order valence-corrected chi connectivity index (χ2v) is 5.73. The number of carboxylic acids is 5. The molecule has 1 heterocycles. The van der Waals surface area contributed by atoms with Crippen molar-refractivity contribution in [1.82, 2.24) is 0 Å². The fraction of sp³-hybridized carbons (Fsp3) is 0.111. The Balaban J connectivity index is 0.000000330. The molecule has 0 saturated carbocycles. The van der Waals surface area contributed by atoms with E-state index in [1.165, 1.54) is 24.3 Å². The summed E-state index contributed by atoms with van der Waals surface area (Å²) >= 11 is 0. The van der Waals surface area contributed by atoms with Gasteiger partial charge >= 0.3 is 29.8 Å². The van der Waals surface area contributed by atoms with Gasteiger partial charge in [0.1, 0.15) is 13.1 Å². The van der Waals surface area contributed by atoms with E-state index in [4.69, 9.17) is 30.6 Å². The minimum absolute atomic E-state index is 0.0646. The third kappa shape index (κ3) is 6.87. The van der Waals surface area contributed by atoms with Gasteiger partial charge in [-0.15, -0.1) is 0 Å². The Morgan fingerprint density at radius 2 is 1.34 bits per heavy atom. The summed E-state index contributed by atoms with van der Waals surface area (Å²) in [5, 5.41) is 52.1. The predicted molar refractivity (Wildman–Crippen MR) is 101 cm³/mol. The highest BCUT2D eigenvalue weighted by atomic mass is 16.4. The number of aromatic hydroxyl groups is 1. The zero-order chi connectivity index (χ0) is 24.6. The molecule has 0 spiro atoms. The number of carbonyl (C=O) groups is 5. The van der Waals surface area contributed by atoms with Crippen LogP contribution in [0.25, 0.3) is 0 Å². The average Bonchev–Trinajstić information content (AvgIpc) is 2.68. The molecule has 32 heavy (non-hydrogen) atoms. The van der Waals surface area contributed by atoms with Gasteiger partial charge in [-0.3, -0.25) is 14.4 Å². The van der Waals surface area contributed by atoms with Crippen molar-refractivity contribution in [3.05, 3.63) is 57.6 Å². The van der Waals surface area contributed by atoms with Crippen molar-refractivity contribution in [3.8, 4) is 5.75 Å². The molecule has 0 unspecified atom stereocenters. The van der Waals surface area contributed by atoms with Crippen molar-refractivity contribution in [2.45, 2.75) is 0 Å². The Hall–Kier alpha value is -4.88. The number of anilines is 1. The van der Waals surface area contributed by atoms with Crippen LogP contribution in [0, 0.1) is 0 Å². The van der Waals surface area contributed by atoms with Crippen LogP contribution in [0.4, 0.5) is 5.69 Å². The number of hydrogen-bond acceptors (Lipinski definition) is 9. The number of rotatable bonds is 8. The smallest absolute Gasteiger partial charge is 0.375 e. The Morgan fingerprint density at radius 1 is 0.812 bits per heavy atom. The highest BCUT2D eigenvalue weighted by molar-refractivity contribution is 5.96. The summed E-state index contributed by atoms with van der Waals surface area (Å²) < 4.78 is 4.26. The molecule has 0 aliphatic heterocycles. The third-order valence-electron chi connectivity index (χ3n) is 3.46. The van der Waals surface area contributed by atoms with Gasteiger partial charge < -0.3 is 40.0 Å². The molecule has 6 N–H and O–H groups in total. The summed E-state index contributed by atoms with van der Waals surface area (Å²) in [6.45, 7) is -1.17. The fourth-order valence-electron chi connectivity index (χ4n) is 2.22. The lowest BCUT2D eigenvalue weighted by Crippen LogP contribution is -2.35. The van der Waals surface area contributed by atoms with Crippen molar-refractivity contribution in [2.24, 2.45) is 0 Å². The lowest BCUT2D eigenvalue weighted by atomic mass is 10.1. The summed E-state index contributed by atoms with van der Waals surface area (Å²) in [5.41, 5.74) is -1.19. The summed E-state index contributed by atoms with van der Waals surface area (Å²) in [5.74, 6) is -10.1. The van der Waals surface area contributed by atoms with Crippen molar-refractivity contribution in [2.75, 3.05) is 18.0 Å². The third-order valence-corrected chi connectivity index (χ3v) is 3.46. The van der Waals surface area contributed by atoms with E-state index in [9.17, 15) is 28.8 Å². The molecular weight excluding hydrogens is 438 g/mol. The number of carboxylic acid groups (broad SMARTS) is 5. The maximum absolute atomic E-state index is 11.0. The topological polar surface area (TPSA) is 240 Å². The van der Waals surface area contributed by atoms with E-state index in [1.54, 1.807) is 0 Å². The first-order valence-electron chi connectivity index (χ1n) is 8.19. The second kappa shape index (κ2) is 10.8. The lowest BCUT2D eigenvalue weighted by molar-refractivity contribution is -0.136. The minimum atomic E-state index is -1.72. The van der Waals surface area contributed by atoms with Crippen molar-refractivity contribution < 1.29 is 59.0 Å². The van der Waals surface area contributed by atoms with Crippen molar-refractivity contribution >= 4 is 35.5 Å². The molecule has 0 radical (unpaired) electrons. The quantitative estimate of drug-likeness (QED) is 0.311. The SMILES string of the molecule is O=C(O)CN(CC(=O)O)c1ccccc1C(=O)O.O=C(O)c1cc(=O)c(O)c(C(=O)O)o1. The number of para-hydroxylation sites is 1. The highest BCUT2D eigenvalue weighted by Gasteiger charge is 2.21. The molecule has 0 saturated heterocycles. The van der Waals surface area contributed by atoms with Crippen LogP contribution in [-0.2, 0) is 9.59 Å². The summed E-state index contributed by atoms with van der Waals surface area (Å²) in [6.07, 6.45) is 0. The number of aromatic carboxylic acids is 3. The molecule has 0 aliphatic carbocycles. The molecule has 2 aromatic rings. The Labute approximate surface area is 176 Å². The van der Waals surface area contributed by atoms with Gasteiger partial charge in [0.05, 0.1) is 11.3 Å². The number of aliphatic carboxylic acids is 2. The number of nitrogens with zero attached hydrogens (tertiary/aromatic N) is 1. The number of benzene rings is 1. The maximum atomic E-state index is 11.0. The lowest BCUT2D eigenvalue weighted by Gasteiger charge is -2.22. The standard InChI is InChI=1S/C11H11NO6.C7H4O7/c13-9(14)5-12(6-10(15)16)8-4-2-1-3-7(8)11(17)18;8-2-1-3(6(10)11)14-5(4(2)9)7(12)13/h1-4H,5-6H2,(H,13,14)(H,15,16)(H,17,18);1,9H,(H,10,11)(H,12,13). The van der Waals surface area contributed by atoms with Crippen LogP contribution in [0.2, 0.25) is 0 Å². The monoisotopic (exact) mass is 453 g/mol. The van der Waals surface area contributed by atoms with Crippen LogP contribution in [0.15, 0.2) is 39.5 Å². The van der Waals surface area contributed by atoms with Gasteiger partial charge in [-0.1, -0.05) is 12.1 Å². The molecule has 0 aliphatic rings. The molecule has 0 atom stereocenters. The molecule has 0 fully saturated rings. The summed E-state index contributed by atoms with van der Waals surface area (Å²) in [4.78, 5) is 64.8. The maximum Gasteiger partial charge on any atom is 0.375 e. The highest BCUT2D eigenvalue weighted by Crippen LogP contribution is 2.20. The van der Waals surface area contributed by atoms with Gasteiger partial charge in [0.25, 0.3) is 5.76 Å². The van der Waals surface area contributed by atoms with Crippen LogP contribution >= 0.6 is 0 Å².